The van der Waals surface area contributed by atoms with E-state index < -0.39 is 0 Å². The number of phenolic OH excluding ortho intramolecular Hbond substituents is 1. The number of nitrogens with one attached hydrogen (secondary N) is 1. The summed E-state index contributed by atoms with van der Waals surface area (Å²) < 4.78 is 0. The normalized spacial score (nSPS) is 11.2. The molecular weight excluding hydrogens is 276 g/mol. The van der Waals surface area contributed by atoms with Crippen molar-refractivity contribution in [1.29, 1.82) is 0 Å². The fourth-order valence-electron chi connectivity index (χ4n) is 1.64. The van der Waals surface area contributed by atoms with E-state index in [0.29, 0.717) is 21.9 Å². The first-order valence-electron chi connectivity index (χ1n) is 5.96. The van der Waals surface area contributed by atoms with Crippen LogP contribution < -0.4 is 5.43 Å². The summed E-state index contributed by atoms with van der Waals surface area (Å²) in [6.45, 7) is 1.71. The van der Waals surface area contributed by atoms with E-state index in [1.54, 1.807) is 55.5 Å². The van der Waals surface area contributed by atoms with Crippen molar-refractivity contribution in [2.45, 2.75) is 6.92 Å². The van der Waals surface area contributed by atoms with E-state index in [9.17, 15) is 9.90 Å². The van der Waals surface area contributed by atoms with E-state index >= 15 is 0 Å². The number of rotatable bonds is 3. The van der Waals surface area contributed by atoms with Crippen molar-refractivity contribution in [3.8, 4) is 5.75 Å². The lowest BCUT2D eigenvalue weighted by Crippen LogP contribution is -2.19. The summed E-state index contributed by atoms with van der Waals surface area (Å²) in [6.07, 6.45) is 0. The minimum absolute atomic E-state index is 0.120. The fourth-order valence-corrected chi connectivity index (χ4v) is 1.77. The standard InChI is InChI=1S/C15H13ClN2O2/c1-10(13-4-2-3-5-14(13)19)17-18-15(20)11-6-8-12(16)9-7-11/h2-9,19H,1H3,(H,18,20)/b17-10-. The molecule has 1 amide bonds. The number of nitrogens with zero attached hydrogens (tertiary/aromatic N) is 1. The van der Waals surface area contributed by atoms with Crippen molar-refractivity contribution in [3.63, 3.8) is 0 Å². The number of carbonyl (C=O) groups excluding carboxylic acids is 1. The number of hydrazone groups is 1. The molecule has 0 unspecified atom stereocenters. The first kappa shape index (κ1) is 14.1. The largest absolute Gasteiger partial charge is 0.507 e. The fraction of sp³-hybridized carbons (Fsp3) is 0.0667. The first-order valence-corrected chi connectivity index (χ1v) is 6.34. The molecule has 0 saturated heterocycles. The van der Waals surface area contributed by atoms with Gasteiger partial charge in [-0.2, -0.15) is 5.10 Å². The Morgan fingerprint density at radius 2 is 1.80 bits per heavy atom. The maximum Gasteiger partial charge on any atom is 0.271 e. The van der Waals surface area contributed by atoms with Crippen LogP contribution in [0.15, 0.2) is 53.6 Å². The van der Waals surface area contributed by atoms with Crippen molar-refractivity contribution < 1.29 is 9.90 Å². The molecule has 2 N–H and O–H groups in total. The number of hydrogen-bond acceptors (Lipinski definition) is 3. The Labute approximate surface area is 121 Å². The molecule has 4 nitrogen and oxygen atoms in total. The van der Waals surface area contributed by atoms with Gasteiger partial charge in [0.1, 0.15) is 5.75 Å². The minimum Gasteiger partial charge on any atom is -0.507 e. The van der Waals surface area contributed by atoms with Gasteiger partial charge in [0, 0.05) is 16.1 Å². The molecule has 0 aliphatic rings. The highest BCUT2D eigenvalue weighted by Gasteiger charge is 2.06. The molecule has 0 atom stereocenters. The van der Waals surface area contributed by atoms with Crippen molar-refractivity contribution in [1.82, 2.24) is 5.43 Å². The Morgan fingerprint density at radius 1 is 1.15 bits per heavy atom. The number of amides is 1. The quantitative estimate of drug-likeness (QED) is 0.673. The summed E-state index contributed by atoms with van der Waals surface area (Å²) in [5.74, 6) is -0.217. The molecule has 0 spiro atoms. The molecule has 0 aliphatic carbocycles. The summed E-state index contributed by atoms with van der Waals surface area (Å²) in [6, 6.07) is 13.3. The second-order valence-electron chi connectivity index (χ2n) is 4.16. The van der Waals surface area contributed by atoms with Crippen LogP contribution in [0.1, 0.15) is 22.8 Å². The summed E-state index contributed by atoms with van der Waals surface area (Å²) in [5, 5.41) is 14.2. The van der Waals surface area contributed by atoms with E-state index in [2.05, 4.69) is 10.5 Å². The predicted molar refractivity (Wildman–Crippen MR) is 79.2 cm³/mol. The molecule has 2 rings (SSSR count). The molecule has 102 valence electrons. The second-order valence-corrected chi connectivity index (χ2v) is 4.60. The average Bonchev–Trinajstić information content (AvgIpc) is 2.45. The maximum absolute atomic E-state index is 11.9. The third kappa shape index (κ3) is 3.36. The number of phenols is 1. The summed E-state index contributed by atoms with van der Waals surface area (Å²) >= 11 is 5.75. The molecular formula is C15H13ClN2O2. The molecule has 2 aromatic rings. The van der Waals surface area contributed by atoms with Crippen molar-refractivity contribution in [2.75, 3.05) is 0 Å². The monoisotopic (exact) mass is 288 g/mol. The highest BCUT2D eigenvalue weighted by atomic mass is 35.5. The third-order valence-corrected chi connectivity index (χ3v) is 2.98. The smallest absolute Gasteiger partial charge is 0.271 e. The summed E-state index contributed by atoms with van der Waals surface area (Å²) in [7, 11) is 0. The van der Waals surface area contributed by atoms with Crippen molar-refractivity contribution in [2.24, 2.45) is 5.10 Å². The van der Waals surface area contributed by atoms with Crippen LogP contribution in [0.4, 0.5) is 0 Å². The SMILES string of the molecule is C/C(=N/NC(=O)c1ccc(Cl)cc1)c1ccccc1O. The molecule has 5 heteroatoms. The van der Waals surface area contributed by atoms with E-state index in [0.717, 1.165) is 0 Å². The zero-order valence-corrected chi connectivity index (χ0v) is 11.6. The van der Waals surface area contributed by atoms with Crippen molar-refractivity contribution in [3.05, 3.63) is 64.7 Å². The van der Waals surface area contributed by atoms with Crippen LogP contribution in [-0.2, 0) is 0 Å². The number of aromatic hydroxyl groups is 1. The van der Waals surface area contributed by atoms with Gasteiger partial charge in [0.2, 0.25) is 0 Å². The van der Waals surface area contributed by atoms with Gasteiger partial charge in [-0.3, -0.25) is 4.79 Å². The van der Waals surface area contributed by atoms with Gasteiger partial charge in [0.25, 0.3) is 5.91 Å². The molecule has 2 aromatic carbocycles. The van der Waals surface area contributed by atoms with Gasteiger partial charge < -0.3 is 5.11 Å². The number of halogens is 1. The maximum atomic E-state index is 11.9. The van der Waals surface area contributed by atoms with Crippen LogP contribution in [0.3, 0.4) is 0 Å². The van der Waals surface area contributed by atoms with E-state index in [1.807, 2.05) is 0 Å². The minimum atomic E-state index is -0.337. The van der Waals surface area contributed by atoms with E-state index in [4.69, 9.17) is 11.6 Å². The van der Waals surface area contributed by atoms with Crippen LogP contribution in [0, 0.1) is 0 Å². The van der Waals surface area contributed by atoms with Gasteiger partial charge in [-0.15, -0.1) is 0 Å². The average molecular weight is 289 g/mol. The Kier molecular flexibility index (Phi) is 4.38. The zero-order chi connectivity index (χ0) is 14.5. The van der Waals surface area contributed by atoms with Gasteiger partial charge in [-0.1, -0.05) is 23.7 Å². The summed E-state index contributed by atoms with van der Waals surface area (Å²) in [4.78, 5) is 11.9. The first-order chi connectivity index (χ1) is 9.58. The Bertz CT molecular complexity index is 651. The molecule has 0 bridgehead atoms. The highest BCUT2D eigenvalue weighted by Crippen LogP contribution is 2.16. The lowest BCUT2D eigenvalue weighted by molar-refractivity contribution is 0.0955. The van der Waals surface area contributed by atoms with Gasteiger partial charge in [0.05, 0.1) is 5.71 Å². The van der Waals surface area contributed by atoms with Crippen LogP contribution in [0.5, 0.6) is 5.75 Å². The van der Waals surface area contributed by atoms with Crippen molar-refractivity contribution >= 4 is 23.2 Å². The second kappa shape index (κ2) is 6.21. The summed E-state index contributed by atoms with van der Waals surface area (Å²) in [5.41, 5.74) is 3.99. The highest BCUT2D eigenvalue weighted by molar-refractivity contribution is 6.30. The topological polar surface area (TPSA) is 61.7 Å². The van der Waals surface area contributed by atoms with Crippen LogP contribution in [0.2, 0.25) is 5.02 Å². The molecule has 0 saturated carbocycles. The number of hydrogen-bond donors (Lipinski definition) is 2. The van der Waals surface area contributed by atoms with Gasteiger partial charge in [-0.05, 0) is 43.3 Å². The number of benzene rings is 2. The number of para-hydroxylation sites is 1. The van der Waals surface area contributed by atoms with E-state index in [1.165, 1.54) is 0 Å². The molecule has 0 heterocycles. The molecule has 0 radical (unpaired) electrons. The Balaban J connectivity index is 2.11. The lowest BCUT2D eigenvalue weighted by atomic mass is 10.1. The van der Waals surface area contributed by atoms with Crippen LogP contribution in [0.25, 0.3) is 0 Å². The number of carbonyl (C=O) groups is 1. The Hall–Kier alpha value is -2.33. The third-order valence-electron chi connectivity index (χ3n) is 2.73. The van der Waals surface area contributed by atoms with Gasteiger partial charge >= 0.3 is 0 Å². The lowest BCUT2D eigenvalue weighted by Gasteiger charge is -2.04. The molecule has 20 heavy (non-hydrogen) atoms. The van der Waals surface area contributed by atoms with E-state index in [-0.39, 0.29) is 11.7 Å². The molecule has 0 fully saturated rings. The molecule has 0 aliphatic heterocycles. The van der Waals surface area contributed by atoms with Crippen LogP contribution in [-0.4, -0.2) is 16.7 Å². The van der Waals surface area contributed by atoms with Gasteiger partial charge in [-0.25, -0.2) is 5.43 Å². The van der Waals surface area contributed by atoms with Crippen LogP contribution >= 0.6 is 11.6 Å². The molecule has 0 aromatic heterocycles. The zero-order valence-electron chi connectivity index (χ0n) is 10.8. The Morgan fingerprint density at radius 3 is 2.45 bits per heavy atom. The van der Waals surface area contributed by atoms with Gasteiger partial charge in [0.15, 0.2) is 0 Å². The predicted octanol–water partition coefficient (Wildman–Crippen LogP) is 3.20.